The Morgan fingerprint density at radius 2 is 0.371 bits per heavy atom. The SMILES string of the molecule is CC1(C)c2cc(-c3ccccc3)ccc2-c2ccc(N(c3ccc(-c4ccc(-c5ccc6oc7ccccc7c6c5)cc4)cc3)c3ccc4c(c3)C(C)(C)c3cc(-c5ccc6ccccc6c5)ccc3-4)cc21.CC1(C)c2cc(-c3ccccc3)ccc2-c2ccc(N(c3ccc(-c4ccccc4-c4ccccc4)cc3)c3ccc4c(c3)C(C)(C)c3cc(-c5ccc6oc7ccccc7c6c5)ccc3-4)cc21. The summed E-state index contributed by atoms with van der Waals surface area (Å²) in [6.45, 7) is 19.1. The van der Waals surface area contributed by atoms with E-state index in [4.69, 9.17) is 8.83 Å². The van der Waals surface area contributed by atoms with E-state index in [-0.39, 0.29) is 21.7 Å². The maximum absolute atomic E-state index is 6.20. The largest absolute Gasteiger partial charge is 0.456 e. The average molecular weight is 1790 g/mol. The lowest BCUT2D eigenvalue weighted by molar-refractivity contribution is 0.660. The van der Waals surface area contributed by atoms with Crippen LogP contribution in [0.15, 0.2) is 470 Å². The maximum Gasteiger partial charge on any atom is 0.135 e. The standard InChI is InChI=1S/C70H51NO.C66H49NO/c1-69(2)63-40-52(44-12-6-5-7-13-44)26-33-57(63)59-35-31-55(42-65(59)69)71(54-29-24-47(25-30-54)46-18-20-48(21-19-46)51-28-37-68-62(39-51)61-16-10-11-17-67(61)72-68)56-32-36-60-58-34-27-53(41-64(58)70(3,4)66(60)43-56)50-23-22-45-14-8-9-15-49(45)38-50;1-65(2)59-38-46(42-15-7-5-8-16-42)25-32-53(59)55-34-30-49(40-61(55)65)67(48-28-23-44(24-29-48)52-20-12-11-19-51(52)43-17-9-6-10-18-43)50-31-35-56-54-33-26-47(39-60(54)66(3,4)62(56)41-50)45-27-36-64-58(37-45)57-21-13-14-22-63(57)68-64/h5-43H,1-4H3;5-41H,1-4H3. The van der Waals surface area contributed by atoms with Gasteiger partial charge in [-0.25, -0.2) is 0 Å². The van der Waals surface area contributed by atoms with Crippen LogP contribution in [0, 0.1) is 0 Å². The number of benzene rings is 21. The fourth-order valence-electron chi connectivity index (χ4n) is 23.6. The Kier molecular flexibility index (Phi) is 19.4. The molecule has 0 bridgehead atoms. The van der Waals surface area contributed by atoms with Crippen molar-refractivity contribution in [2.45, 2.75) is 77.0 Å². The minimum atomic E-state index is -0.238. The van der Waals surface area contributed by atoms with E-state index in [0.717, 1.165) is 78.0 Å². The number of nitrogens with zero attached hydrogens (tertiary/aromatic N) is 2. The van der Waals surface area contributed by atoms with Crippen molar-refractivity contribution >= 4 is 88.8 Å². The van der Waals surface area contributed by atoms with E-state index < -0.39 is 0 Å². The first-order valence-corrected chi connectivity index (χ1v) is 49.0. The van der Waals surface area contributed by atoms with E-state index >= 15 is 0 Å². The predicted molar refractivity (Wildman–Crippen MR) is 588 cm³/mol. The van der Waals surface area contributed by atoms with Crippen LogP contribution in [0.5, 0.6) is 0 Å². The Bertz CT molecular complexity index is 8960. The molecule has 4 aliphatic carbocycles. The van der Waals surface area contributed by atoms with Crippen molar-refractivity contribution in [2.24, 2.45) is 0 Å². The van der Waals surface area contributed by atoms with E-state index in [0.29, 0.717) is 0 Å². The van der Waals surface area contributed by atoms with Gasteiger partial charge in [0.15, 0.2) is 0 Å². The Balaban J connectivity index is 0.000000144. The summed E-state index contributed by atoms with van der Waals surface area (Å²) < 4.78 is 12.3. The molecule has 4 nitrogen and oxygen atoms in total. The van der Waals surface area contributed by atoms with Gasteiger partial charge in [0.25, 0.3) is 0 Å². The first kappa shape index (κ1) is 83.7. The Morgan fingerprint density at radius 1 is 0.143 bits per heavy atom. The summed E-state index contributed by atoms with van der Waals surface area (Å²) in [4.78, 5) is 4.94. The minimum Gasteiger partial charge on any atom is -0.456 e. The second-order valence-corrected chi connectivity index (χ2v) is 40.6. The van der Waals surface area contributed by atoms with Crippen LogP contribution >= 0.6 is 0 Å². The summed E-state index contributed by atoms with van der Waals surface area (Å²) in [6, 6.07) is 170. The highest BCUT2D eigenvalue weighted by Crippen LogP contribution is 2.59. The summed E-state index contributed by atoms with van der Waals surface area (Å²) in [5.41, 5.74) is 50.3. The molecule has 0 unspecified atom stereocenters. The van der Waals surface area contributed by atoms with E-state index in [1.807, 2.05) is 24.3 Å². The Labute approximate surface area is 817 Å². The van der Waals surface area contributed by atoms with Crippen molar-refractivity contribution in [3.63, 3.8) is 0 Å². The van der Waals surface area contributed by atoms with E-state index in [1.54, 1.807) is 0 Å². The third kappa shape index (κ3) is 13.8. The molecule has 0 spiro atoms. The molecular formula is C136H100N2O2. The van der Waals surface area contributed by atoms with Gasteiger partial charge in [-0.05, 0) is 328 Å². The van der Waals surface area contributed by atoms with Crippen LogP contribution in [-0.2, 0) is 21.7 Å². The predicted octanol–water partition coefficient (Wildman–Crippen LogP) is 37.8. The minimum absolute atomic E-state index is 0.198. The number of hydrogen-bond acceptors (Lipinski definition) is 4. The van der Waals surface area contributed by atoms with Crippen LogP contribution in [-0.4, -0.2) is 0 Å². The zero-order valence-corrected chi connectivity index (χ0v) is 79.6. The molecule has 2 heterocycles. The number of hydrogen-bond donors (Lipinski definition) is 0. The summed E-state index contributed by atoms with van der Waals surface area (Å²) >= 11 is 0. The molecule has 4 aliphatic rings. The van der Waals surface area contributed by atoms with Crippen molar-refractivity contribution in [1.29, 1.82) is 0 Å². The molecule has 21 aromatic carbocycles. The van der Waals surface area contributed by atoms with Gasteiger partial charge in [-0.2, -0.15) is 0 Å². The lowest BCUT2D eigenvalue weighted by Gasteiger charge is -2.30. The van der Waals surface area contributed by atoms with Crippen molar-refractivity contribution in [3.8, 4) is 134 Å². The molecule has 0 amide bonds. The zero-order chi connectivity index (χ0) is 94.0. The third-order valence-electron chi connectivity index (χ3n) is 31.2. The van der Waals surface area contributed by atoms with Crippen LogP contribution in [0.2, 0.25) is 0 Å². The Hall–Kier alpha value is -16.9. The van der Waals surface area contributed by atoms with Gasteiger partial charge in [0.05, 0.1) is 0 Å². The molecule has 666 valence electrons. The van der Waals surface area contributed by atoms with Gasteiger partial charge in [-0.1, -0.05) is 377 Å². The van der Waals surface area contributed by atoms with Crippen LogP contribution in [0.4, 0.5) is 34.1 Å². The van der Waals surface area contributed by atoms with Gasteiger partial charge in [0, 0.05) is 77.3 Å². The molecule has 0 N–H and O–H groups in total. The lowest BCUT2D eigenvalue weighted by atomic mass is 9.81. The van der Waals surface area contributed by atoms with Gasteiger partial charge in [-0.3, -0.25) is 0 Å². The van der Waals surface area contributed by atoms with E-state index in [1.165, 1.54) is 189 Å². The topological polar surface area (TPSA) is 32.8 Å². The molecular weight excluding hydrogens is 1690 g/mol. The molecule has 0 saturated heterocycles. The van der Waals surface area contributed by atoms with Gasteiger partial charge in [-0.15, -0.1) is 0 Å². The summed E-state index contributed by atoms with van der Waals surface area (Å²) in [7, 11) is 0. The highest BCUT2D eigenvalue weighted by atomic mass is 16.3. The molecule has 0 fully saturated rings. The van der Waals surface area contributed by atoms with Crippen LogP contribution in [0.25, 0.3) is 188 Å². The Morgan fingerprint density at radius 3 is 0.757 bits per heavy atom. The van der Waals surface area contributed by atoms with Crippen LogP contribution in [0.1, 0.15) is 99.9 Å². The molecule has 27 rings (SSSR count). The van der Waals surface area contributed by atoms with Gasteiger partial charge >= 0.3 is 0 Å². The fraction of sp³-hybridized carbons (Fsp3) is 0.0882. The normalized spacial score (nSPS) is 13.8. The monoisotopic (exact) mass is 1790 g/mol. The van der Waals surface area contributed by atoms with E-state index in [9.17, 15) is 0 Å². The molecule has 4 heteroatoms. The number of furan rings is 2. The number of para-hydroxylation sites is 2. The van der Waals surface area contributed by atoms with Crippen molar-refractivity contribution < 1.29 is 8.83 Å². The average Bonchev–Trinajstić information content (AvgIpc) is 1.57. The third-order valence-corrected chi connectivity index (χ3v) is 31.2. The quantitative estimate of drug-likeness (QED) is 0.109. The second-order valence-electron chi connectivity index (χ2n) is 40.6. The molecule has 140 heavy (non-hydrogen) atoms. The smallest absolute Gasteiger partial charge is 0.135 e. The molecule has 0 atom stereocenters. The summed E-state index contributed by atoms with van der Waals surface area (Å²) in [5.74, 6) is 0. The van der Waals surface area contributed by atoms with Crippen molar-refractivity contribution in [2.75, 3.05) is 9.80 Å². The van der Waals surface area contributed by atoms with Gasteiger partial charge < -0.3 is 18.6 Å². The van der Waals surface area contributed by atoms with Gasteiger partial charge in [0.1, 0.15) is 22.3 Å². The lowest BCUT2D eigenvalue weighted by Crippen LogP contribution is -2.18. The maximum atomic E-state index is 6.20. The number of anilines is 6. The van der Waals surface area contributed by atoms with Crippen LogP contribution < -0.4 is 9.80 Å². The first-order chi connectivity index (χ1) is 68.4. The molecule has 23 aromatic rings. The molecule has 0 aliphatic heterocycles. The van der Waals surface area contributed by atoms with Crippen molar-refractivity contribution in [1.82, 2.24) is 0 Å². The summed E-state index contributed by atoms with van der Waals surface area (Å²) in [5, 5.41) is 7.11. The highest BCUT2D eigenvalue weighted by Gasteiger charge is 2.42. The fourth-order valence-corrected chi connectivity index (χ4v) is 23.6. The first-order valence-electron chi connectivity index (χ1n) is 49.0. The van der Waals surface area contributed by atoms with Crippen LogP contribution in [0.3, 0.4) is 0 Å². The second kappa shape index (κ2) is 32.4. The van der Waals surface area contributed by atoms with Crippen molar-refractivity contribution in [3.05, 3.63) is 506 Å². The molecule has 0 saturated carbocycles. The molecule has 2 aromatic heterocycles. The van der Waals surface area contributed by atoms with Gasteiger partial charge in [0.2, 0.25) is 0 Å². The zero-order valence-electron chi connectivity index (χ0n) is 79.6. The molecule has 0 radical (unpaired) electrons. The number of fused-ring (bicyclic) bond motifs is 19. The summed E-state index contributed by atoms with van der Waals surface area (Å²) in [6.07, 6.45) is 0. The highest BCUT2D eigenvalue weighted by molar-refractivity contribution is 6.08. The van der Waals surface area contributed by atoms with E-state index in [2.05, 4.69) is 502 Å². The number of rotatable bonds is 14.